The average Bonchev–Trinajstić information content (AvgIpc) is 2.47. The molecule has 106 valence electrons. The van der Waals surface area contributed by atoms with Gasteiger partial charge in [0.2, 0.25) is 11.8 Å². The van der Waals surface area contributed by atoms with Crippen molar-refractivity contribution in [2.75, 3.05) is 45.2 Å². The SMILES string of the molecule is COc1ccnc(NCC2CCN(CCO)CC2)n1. The molecule has 0 unspecified atom stereocenters. The fourth-order valence-electron chi connectivity index (χ4n) is 2.33. The second kappa shape index (κ2) is 7.25. The van der Waals surface area contributed by atoms with Crippen molar-refractivity contribution in [2.24, 2.45) is 5.92 Å². The van der Waals surface area contributed by atoms with Crippen molar-refractivity contribution in [3.8, 4) is 5.88 Å². The highest BCUT2D eigenvalue weighted by atomic mass is 16.5. The third-order valence-electron chi connectivity index (χ3n) is 3.51. The summed E-state index contributed by atoms with van der Waals surface area (Å²) in [5.74, 6) is 1.84. The van der Waals surface area contributed by atoms with E-state index in [0.29, 0.717) is 17.7 Å². The first-order valence-electron chi connectivity index (χ1n) is 6.76. The highest BCUT2D eigenvalue weighted by Gasteiger charge is 2.18. The zero-order valence-electron chi connectivity index (χ0n) is 11.4. The molecule has 0 spiro atoms. The zero-order valence-corrected chi connectivity index (χ0v) is 11.4. The van der Waals surface area contributed by atoms with Gasteiger partial charge in [-0.3, -0.25) is 0 Å². The van der Waals surface area contributed by atoms with Crippen molar-refractivity contribution in [3.63, 3.8) is 0 Å². The number of rotatable bonds is 6. The molecule has 1 saturated heterocycles. The summed E-state index contributed by atoms with van der Waals surface area (Å²) in [5.41, 5.74) is 0. The van der Waals surface area contributed by atoms with E-state index >= 15 is 0 Å². The van der Waals surface area contributed by atoms with Crippen LogP contribution < -0.4 is 10.1 Å². The maximum absolute atomic E-state index is 8.90. The van der Waals surface area contributed by atoms with Crippen molar-refractivity contribution in [2.45, 2.75) is 12.8 Å². The Kier molecular flexibility index (Phi) is 5.35. The van der Waals surface area contributed by atoms with Crippen molar-refractivity contribution in [3.05, 3.63) is 12.3 Å². The van der Waals surface area contributed by atoms with Crippen LogP contribution in [0.25, 0.3) is 0 Å². The first kappa shape index (κ1) is 14.0. The number of likely N-dealkylation sites (tertiary alicyclic amines) is 1. The van der Waals surface area contributed by atoms with Crippen molar-refractivity contribution >= 4 is 5.95 Å². The molecule has 1 aliphatic rings. The van der Waals surface area contributed by atoms with Crippen LogP contribution in [-0.2, 0) is 0 Å². The summed E-state index contributed by atoms with van der Waals surface area (Å²) >= 11 is 0. The number of aliphatic hydroxyl groups excluding tert-OH is 1. The number of aromatic nitrogens is 2. The van der Waals surface area contributed by atoms with Gasteiger partial charge in [-0.2, -0.15) is 4.98 Å². The Morgan fingerprint density at radius 1 is 1.47 bits per heavy atom. The van der Waals surface area contributed by atoms with Crippen LogP contribution in [-0.4, -0.2) is 59.9 Å². The first-order valence-corrected chi connectivity index (χ1v) is 6.76. The average molecular weight is 266 g/mol. The Bertz CT molecular complexity index is 381. The van der Waals surface area contributed by atoms with Crippen LogP contribution in [0.3, 0.4) is 0 Å². The summed E-state index contributed by atoms with van der Waals surface area (Å²) in [5, 5.41) is 12.2. The normalized spacial score (nSPS) is 17.4. The summed E-state index contributed by atoms with van der Waals surface area (Å²) in [6.07, 6.45) is 3.99. The molecule has 0 bridgehead atoms. The first-order chi connectivity index (χ1) is 9.31. The lowest BCUT2D eigenvalue weighted by Crippen LogP contribution is -2.37. The molecule has 6 nitrogen and oxygen atoms in total. The summed E-state index contributed by atoms with van der Waals surface area (Å²) in [7, 11) is 1.60. The van der Waals surface area contributed by atoms with E-state index in [2.05, 4.69) is 20.2 Å². The van der Waals surface area contributed by atoms with Gasteiger partial charge in [-0.1, -0.05) is 0 Å². The number of hydrogen-bond donors (Lipinski definition) is 2. The van der Waals surface area contributed by atoms with Crippen LogP contribution >= 0.6 is 0 Å². The molecule has 0 saturated carbocycles. The topological polar surface area (TPSA) is 70.5 Å². The molecule has 0 radical (unpaired) electrons. The molecule has 0 aromatic carbocycles. The molecule has 1 fully saturated rings. The number of nitrogens with one attached hydrogen (secondary N) is 1. The van der Waals surface area contributed by atoms with Crippen LogP contribution in [0.2, 0.25) is 0 Å². The number of anilines is 1. The summed E-state index contributed by atoms with van der Waals surface area (Å²) < 4.78 is 5.07. The smallest absolute Gasteiger partial charge is 0.225 e. The molecule has 6 heteroatoms. The lowest BCUT2D eigenvalue weighted by molar-refractivity contribution is 0.151. The van der Waals surface area contributed by atoms with Crippen LogP contribution in [0.1, 0.15) is 12.8 Å². The van der Waals surface area contributed by atoms with Crippen LogP contribution in [0, 0.1) is 5.92 Å². The van der Waals surface area contributed by atoms with Gasteiger partial charge in [-0.15, -0.1) is 0 Å². The monoisotopic (exact) mass is 266 g/mol. The van der Waals surface area contributed by atoms with E-state index in [4.69, 9.17) is 9.84 Å². The Morgan fingerprint density at radius 2 is 2.26 bits per heavy atom. The Balaban J connectivity index is 1.74. The number of nitrogens with zero attached hydrogens (tertiary/aromatic N) is 3. The van der Waals surface area contributed by atoms with Gasteiger partial charge in [-0.25, -0.2) is 4.98 Å². The number of piperidine rings is 1. The molecule has 2 N–H and O–H groups in total. The van der Waals surface area contributed by atoms with E-state index in [-0.39, 0.29) is 6.61 Å². The molecule has 2 heterocycles. The molecule has 1 aromatic rings. The number of aliphatic hydroxyl groups is 1. The van der Waals surface area contributed by atoms with Crippen molar-refractivity contribution < 1.29 is 9.84 Å². The second-order valence-corrected chi connectivity index (χ2v) is 4.81. The largest absolute Gasteiger partial charge is 0.481 e. The minimum atomic E-state index is 0.251. The highest BCUT2D eigenvalue weighted by molar-refractivity contribution is 5.27. The third-order valence-corrected chi connectivity index (χ3v) is 3.51. The molecule has 1 aromatic heterocycles. The molecule has 19 heavy (non-hydrogen) atoms. The molecule has 0 atom stereocenters. The van der Waals surface area contributed by atoms with Crippen molar-refractivity contribution in [1.29, 1.82) is 0 Å². The number of β-amino-alcohol motifs (C(OH)–C–C–N with tert-alkyl or cyclic N) is 1. The van der Waals surface area contributed by atoms with E-state index in [0.717, 1.165) is 39.0 Å². The number of methoxy groups -OCH3 is 1. The Morgan fingerprint density at radius 3 is 2.95 bits per heavy atom. The zero-order chi connectivity index (χ0) is 13.5. The summed E-state index contributed by atoms with van der Waals surface area (Å²) in [6.45, 7) is 4.05. The highest BCUT2D eigenvalue weighted by Crippen LogP contribution is 2.17. The predicted octanol–water partition coefficient (Wildman–Crippen LogP) is 0.601. The summed E-state index contributed by atoms with van der Waals surface area (Å²) in [6, 6.07) is 1.73. The number of ether oxygens (including phenoxy) is 1. The lowest BCUT2D eigenvalue weighted by Gasteiger charge is -2.31. The Labute approximate surface area is 113 Å². The fourth-order valence-corrected chi connectivity index (χ4v) is 2.33. The number of hydrogen-bond acceptors (Lipinski definition) is 6. The van der Waals surface area contributed by atoms with Gasteiger partial charge >= 0.3 is 0 Å². The van der Waals surface area contributed by atoms with E-state index in [1.54, 1.807) is 19.4 Å². The van der Waals surface area contributed by atoms with Gasteiger partial charge in [0.25, 0.3) is 0 Å². The molecule has 2 rings (SSSR count). The van der Waals surface area contributed by atoms with E-state index in [1.807, 2.05) is 0 Å². The second-order valence-electron chi connectivity index (χ2n) is 4.81. The van der Waals surface area contributed by atoms with Crippen LogP contribution in [0.4, 0.5) is 5.95 Å². The lowest BCUT2D eigenvalue weighted by atomic mass is 9.97. The Hall–Kier alpha value is -1.40. The minimum absolute atomic E-state index is 0.251. The van der Waals surface area contributed by atoms with Gasteiger partial charge in [-0.05, 0) is 31.8 Å². The molecule has 1 aliphatic heterocycles. The molecular weight excluding hydrogens is 244 g/mol. The van der Waals surface area contributed by atoms with E-state index < -0.39 is 0 Å². The summed E-state index contributed by atoms with van der Waals surface area (Å²) in [4.78, 5) is 10.7. The minimum Gasteiger partial charge on any atom is -0.481 e. The molecule has 0 amide bonds. The molecular formula is C13H22N4O2. The van der Waals surface area contributed by atoms with Gasteiger partial charge in [0.15, 0.2) is 0 Å². The van der Waals surface area contributed by atoms with Crippen LogP contribution in [0.5, 0.6) is 5.88 Å². The van der Waals surface area contributed by atoms with E-state index in [1.165, 1.54) is 0 Å². The van der Waals surface area contributed by atoms with Crippen molar-refractivity contribution in [1.82, 2.24) is 14.9 Å². The fraction of sp³-hybridized carbons (Fsp3) is 0.692. The molecule has 0 aliphatic carbocycles. The van der Waals surface area contributed by atoms with Gasteiger partial charge in [0.1, 0.15) is 0 Å². The van der Waals surface area contributed by atoms with Crippen LogP contribution in [0.15, 0.2) is 12.3 Å². The van der Waals surface area contributed by atoms with E-state index in [9.17, 15) is 0 Å². The predicted molar refractivity (Wildman–Crippen MR) is 73.3 cm³/mol. The van der Waals surface area contributed by atoms with Gasteiger partial charge in [0.05, 0.1) is 13.7 Å². The van der Waals surface area contributed by atoms with Gasteiger partial charge < -0.3 is 20.1 Å². The standard InChI is InChI=1S/C13H22N4O2/c1-19-12-2-5-14-13(16-12)15-10-11-3-6-17(7-4-11)8-9-18/h2,5,11,18H,3-4,6-10H2,1H3,(H,14,15,16). The third kappa shape index (κ3) is 4.33. The quantitative estimate of drug-likeness (QED) is 0.786. The maximum atomic E-state index is 8.90. The maximum Gasteiger partial charge on any atom is 0.225 e. The van der Waals surface area contributed by atoms with Gasteiger partial charge in [0, 0.05) is 25.4 Å².